The van der Waals surface area contributed by atoms with E-state index in [1.807, 2.05) is 6.92 Å². The summed E-state index contributed by atoms with van der Waals surface area (Å²) in [6.07, 6.45) is 0. The third kappa shape index (κ3) is 8.98. The van der Waals surface area contributed by atoms with Crippen LogP contribution in [0.3, 0.4) is 0 Å². The summed E-state index contributed by atoms with van der Waals surface area (Å²) >= 11 is 0. The number of phenolic OH excluding ortho intramolecular Hbond substituents is 1. The number of aryl methyl sites for hydroxylation is 1. The number of carbonyl (C=O) groups excluding carboxylic acids is 4. The van der Waals surface area contributed by atoms with E-state index < -0.39 is 23.1 Å². The average molecular weight is 455 g/mol. The largest absolute Gasteiger partial charge is 0.504 e. The molecule has 2 aromatic carbocycles. The molecular weight excluding hydrogens is 428 g/mol. The van der Waals surface area contributed by atoms with Crippen molar-refractivity contribution in [1.29, 1.82) is 0 Å². The molecule has 2 rings (SSSR count). The van der Waals surface area contributed by atoms with E-state index in [9.17, 15) is 24.3 Å². The number of phenols is 1. The van der Waals surface area contributed by atoms with E-state index in [0.29, 0.717) is 11.3 Å². The summed E-state index contributed by atoms with van der Waals surface area (Å²) in [7, 11) is 3.90. The van der Waals surface area contributed by atoms with E-state index in [1.54, 1.807) is 18.2 Å². The standard InChI is InChI=1S/C11H12O3.C10H10O4.CH4O.ClH/c1-7-4-5-9(6-10(7)14-3)11(13)8(2)12;1-6(11)10(13)7-3-4-8(12)9(5-7)14-2;1-2;/h4-6H,1-3H3;3-5,12H,1-2H3;2H,1H3;1H. The molecule has 0 aliphatic rings. The molecule has 0 spiro atoms. The first-order valence-corrected chi connectivity index (χ1v) is 8.69. The predicted molar refractivity (Wildman–Crippen MR) is 118 cm³/mol. The summed E-state index contributed by atoms with van der Waals surface area (Å²) in [5.41, 5.74) is 1.53. The summed E-state index contributed by atoms with van der Waals surface area (Å²) in [5, 5.41) is 16.2. The zero-order chi connectivity index (χ0) is 23.4. The van der Waals surface area contributed by atoms with Gasteiger partial charge in [-0.15, -0.1) is 12.4 Å². The number of aromatic hydroxyl groups is 1. The van der Waals surface area contributed by atoms with Gasteiger partial charge in [0.25, 0.3) is 0 Å². The van der Waals surface area contributed by atoms with Gasteiger partial charge in [0.1, 0.15) is 5.75 Å². The van der Waals surface area contributed by atoms with Crippen LogP contribution in [0.4, 0.5) is 0 Å². The molecule has 170 valence electrons. The topological polar surface area (TPSA) is 127 Å². The molecule has 0 aromatic heterocycles. The summed E-state index contributed by atoms with van der Waals surface area (Å²) in [6.45, 7) is 4.33. The number of rotatable bonds is 6. The van der Waals surface area contributed by atoms with E-state index in [4.69, 9.17) is 14.6 Å². The van der Waals surface area contributed by atoms with Gasteiger partial charge in [-0.1, -0.05) is 12.1 Å². The molecule has 0 aliphatic carbocycles. The zero-order valence-electron chi connectivity index (χ0n) is 18.2. The third-order valence-corrected chi connectivity index (χ3v) is 3.75. The lowest BCUT2D eigenvalue weighted by molar-refractivity contribution is -0.113. The summed E-state index contributed by atoms with van der Waals surface area (Å²) < 4.78 is 9.85. The van der Waals surface area contributed by atoms with Crippen LogP contribution in [0.5, 0.6) is 17.2 Å². The second-order valence-corrected chi connectivity index (χ2v) is 5.84. The molecule has 0 fully saturated rings. The number of Topliss-reactive ketones (excluding diaryl/α,β-unsaturated/α-hetero) is 4. The highest BCUT2D eigenvalue weighted by Gasteiger charge is 2.13. The smallest absolute Gasteiger partial charge is 0.228 e. The maximum atomic E-state index is 11.3. The van der Waals surface area contributed by atoms with Crippen molar-refractivity contribution in [2.75, 3.05) is 21.3 Å². The lowest BCUT2D eigenvalue weighted by Gasteiger charge is -2.05. The summed E-state index contributed by atoms with van der Waals surface area (Å²) in [4.78, 5) is 44.2. The summed E-state index contributed by atoms with van der Waals surface area (Å²) in [5.74, 6) is -1.35. The third-order valence-electron chi connectivity index (χ3n) is 3.75. The van der Waals surface area contributed by atoms with Gasteiger partial charge in [-0.05, 0) is 36.8 Å². The number of aliphatic hydroxyl groups is 1. The van der Waals surface area contributed by atoms with Gasteiger partial charge >= 0.3 is 0 Å². The van der Waals surface area contributed by atoms with Crippen LogP contribution in [-0.4, -0.2) is 54.7 Å². The number of ether oxygens (including phenoxy) is 2. The molecule has 0 amide bonds. The molecular formula is C22H27ClO8. The fourth-order valence-electron chi connectivity index (χ4n) is 2.19. The number of methoxy groups -OCH3 is 2. The zero-order valence-corrected chi connectivity index (χ0v) is 19.0. The van der Waals surface area contributed by atoms with E-state index in [-0.39, 0.29) is 29.5 Å². The van der Waals surface area contributed by atoms with Gasteiger partial charge in [0.15, 0.2) is 23.1 Å². The molecule has 8 nitrogen and oxygen atoms in total. The van der Waals surface area contributed by atoms with Crippen LogP contribution in [0.1, 0.15) is 40.1 Å². The quantitative estimate of drug-likeness (QED) is 0.503. The molecule has 0 unspecified atom stereocenters. The first kappa shape index (κ1) is 30.0. The molecule has 2 aromatic rings. The Morgan fingerprint density at radius 3 is 1.52 bits per heavy atom. The Labute approximate surface area is 187 Å². The van der Waals surface area contributed by atoms with E-state index in [1.165, 1.54) is 46.3 Å². The number of aliphatic hydroxyl groups excluding tert-OH is 1. The van der Waals surface area contributed by atoms with Crippen LogP contribution >= 0.6 is 12.4 Å². The van der Waals surface area contributed by atoms with Crippen LogP contribution in [0.2, 0.25) is 0 Å². The van der Waals surface area contributed by atoms with Gasteiger partial charge in [-0.3, -0.25) is 19.2 Å². The van der Waals surface area contributed by atoms with Gasteiger partial charge in [0, 0.05) is 32.1 Å². The number of halogens is 1. The van der Waals surface area contributed by atoms with Gasteiger partial charge in [-0.25, -0.2) is 0 Å². The van der Waals surface area contributed by atoms with Crippen molar-refractivity contribution < 1.29 is 38.9 Å². The van der Waals surface area contributed by atoms with Gasteiger partial charge in [0.05, 0.1) is 14.2 Å². The van der Waals surface area contributed by atoms with E-state index in [2.05, 4.69) is 0 Å². The monoisotopic (exact) mass is 454 g/mol. The Hall–Kier alpha value is -3.23. The first-order valence-electron chi connectivity index (χ1n) is 8.69. The molecule has 0 atom stereocenters. The van der Waals surface area contributed by atoms with Gasteiger partial charge < -0.3 is 19.7 Å². The van der Waals surface area contributed by atoms with E-state index >= 15 is 0 Å². The highest BCUT2D eigenvalue weighted by molar-refractivity contribution is 6.43. The fourth-order valence-corrected chi connectivity index (χ4v) is 2.19. The highest BCUT2D eigenvalue weighted by atomic mass is 35.5. The fraction of sp³-hybridized carbons (Fsp3) is 0.273. The molecule has 0 heterocycles. The minimum Gasteiger partial charge on any atom is -0.504 e. The van der Waals surface area contributed by atoms with Crippen molar-refractivity contribution >= 4 is 35.5 Å². The molecule has 0 saturated carbocycles. The number of hydrogen-bond donors (Lipinski definition) is 2. The minimum atomic E-state index is -0.594. The molecule has 0 saturated heterocycles. The van der Waals surface area contributed by atoms with Crippen LogP contribution in [0.15, 0.2) is 36.4 Å². The molecule has 0 bridgehead atoms. The van der Waals surface area contributed by atoms with Crippen LogP contribution in [0.25, 0.3) is 0 Å². The van der Waals surface area contributed by atoms with Crippen molar-refractivity contribution in [3.8, 4) is 17.2 Å². The lowest BCUT2D eigenvalue weighted by atomic mass is 10.1. The van der Waals surface area contributed by atoms with Crippen molar-refractivity contribution in [2.24, 2.45) is 0 Å². The number of ketones is 4. The number of benzene rings is 2. The van der Waals surface area contributed by atoms with Crippen LogP contribution in [-0.2, 0) is 9.59 Å². The molecule has 0 aliphatic heterocycles. The second-order valence-electron chi connectivity index (χ2n) is 5.84. The Morgan fingerprint density at radius 1 is 0.742 bits per heavy atom. The van der Waals surface area contributed by atoms with Gasteiger partial charge in [0.2, 0.25) is 11.6 Å². The maximum absolute atomic E-state index is 11.3. The van der Waals surface area contributed by atoms with Crippen molar-refractivity contribution in [3.05, 3.63) is 53.1 Å². The Morgan fingerprint density at radius 2 is 1.13 bits per heavy atom. The number of hydrogen-bond acceptors (Lipinski definition) is 8. The molecule has 9 heteroatoms. The number of carbonyl (C=O) groups is 4. The Kier molecular flexibility index (Phi) is 14.2. The second kappa shape index (κ2) is 14.7. The predicted octanol–water partition coefficient (Wildman–Crippen LogP) is 2.98. The maximum Gasteiger partial charge on any atom is 0.228 e. The van der Waals surface area contributed by atoms with E-state index in [0.717, 1.165) is 12.7 Å². The SMILES string of the molecule is CO.COc1cc(C(=O)C(C)=O)ccc1C.COc1cc(C(=O)C(C)=O)ccc1O.Cl. The lowest BCUT2D eigenvalue weighted by Crippen LogP contribution is -2.09. The van der Waals surface area contributed by atoms with Crippen molar-refractivity contribution in [1.82, 2.24) is 0 Å². The average Bonchev–Trinajstić information content (AvgIpc) is 2.75. The normalized spacial score (nSPS) is 8.87. The minimum absolute atomic E-state index is 0. The Bertz CT molecular complexity index is 846. The molecule has 0 radical (unpaired) electrons. The summed E-state index contributed by atoms with van der Waals surface area (Å²) in [6, 6.07) is 8.99. The highest BCUT2D eigenvalue weighted by Crippen LogP contribution is 2.26. The molecule has 2 N–H and O–H groups in total. The Balaban J connectivity index is 0. The van der Waals surface area contributed by atoms with Crippen LogP contribution < -0.4 is 9.47 Å². The van der Waals surface area contributed by atoms with Crippen molar-refractivity contribution in [2.45, 2.75) is 20.8 Å². The van der Waals surface area contributed by atoms with Gasteiger partial charge in [-0.2, -0.15) is 0 Å². The molecule has 31 heavy (non-hydrogen) atoms. The first-order chi connectivity index (χ1) is 14.1. The van der Waals surface area contributed by atoms with Crippen LogP contribution in [0, 0.1) is 6.92 Å². The van der Waals surface area contributed by atoms with Crippen molar-refractivity contribution in [3.63, 3.8) is 0 Å².